The number of halogens is 2. The first-order valence-corrected chi connectivity index (χ1v) is 10.7. The number of nitrogens with zero attached hydrogens (tertiary/aromatic N) is 3. The molecule has 164 valence electrons. The largest absolute Gasteiger partial charge is 0.447 e. The van der Waals surface area contributed by atoms with Crippen LogP contribution in [0.5, 0.6) is 0 Å². The SMILES string of the molecule is Cc1nn(Cc2ccc(Cl)cc2)c(Cl)c1/C=C/C(=O)Nc1ccccc1N1CCOC1=O. The second kappa shape index (κ2) is 9.46. The Labute approximate surface area is 195 Å². The van der Waals surface area contributed by atoms with E-state index in [-0.39, 0.29) is 5.91 Å². The number of rotatable bonds is 6. The summed E-state index contributed by atoms with van der Waals surface area (Å²) in [7, 11) is 0. The molecule has 1 aliphatic heterocycles. The topological polar surface area (TPSA) is 76.5 Å². The van der Waals surface area contributed by atoms with Crippen LogP contribution >= 0.6 is 23.2 Å². The van der Waals surface area contributed by atoms with Gasteiger partial charge < -0.3 is 10.1 Å². The number of aromatic nitrogens is 2. The van der Waals surface area contributed by atoms with E-state index < -0.39 is 6.09 Å². The van der Waals surface area contributed by atoms with Gasteiger partial charge in [0.2, 0.25) is 5.91 Å². The standard InChI is InChI=1S/C23H20Cl2N4O3/c1-15-18(22(25)29(27-15)14-16-6-8-17(24)9-7-16)10-11-21(30)26-19-4-2-3-5-20(19)28-12-13-32-23(28)31/h2-11H,12-14H2,1H3,(H,26,30)/b11-10+. The summed E-state index contributed by atoms with van der Waals surface area (Å²) >= 11 is 12.5. The Kier molecular flexibility index (Phi) is 6.48. The minimum atomic E-state index is -0.433. The molecule has 0 aliphatic carbocycles. The van der Waals surface area contributed by atoms with E-state index in [1.165, 1.54) is 11.0 Å². The number of hydrogen-bond donors (Lipinski definition) is 1. The highest BCUT2D eigenvalue weighted by Gasteiger charge is 2.25. The highest BCUT2D eigenvalue weighted by molar-refractivity contribution is 6.31. The van der Waals surface area contributed by atoms with Gasteiger partial charge in [-0.05, 0) is 42.8 Å². The predicted molar refractivity (Wildman–Crippen MR) is 125 cm³/mol. The minimum absolute atomic E-state index is 0.318. The fourth-order valence-electron chi connectivity index (χ4n) is 3.38. The zero-order valence-corrected chi connectivity index (χ0v) is 18.7. The maximum atomic E-state index is 12.6. The van der Waals surface area contributed by atoms with Crippen molar-refractivity contribution in [1.29, 1.82) is 0 Å². The summed E-state index contributed by atoms with van der Waals surface area (Å²) in [5.41, 5.74) is 3.47. The van der Waals surface area contributed by atoms with Crippen LogP contribution in [0.4, 0.5) is 16.2 Å². The molecule has 0 radical (unpaired) electrons. The molecule has 3 aromatic rings. The van der Waals surface area contributed by atoms with Crippen molar-refractivity contribution in [2.75, 3.05) is 23.4 Å². The van der Waals surface area contributed by atoms with Crippen molar-refractivity contribution in [3.05, 3.63) is 81.6 Å². The summed E-state index contributed by atoms with van der Waals surface area (Å²) in [6.45, 7) is 3.06. The van der Waals surface area contributed by atoms with E-state index in [0.29, 0.717) is 52.5 Å². The quantitative estimate of drug-likeness (QED) is 0.505. The molecule has 9 heteroatoms. The molecule has 2 heterocycles. The summed E-state index contributed by atoms with van der Waals surface area (Å²) in [4.78, 5) is 26.0. The van der Waals surface area contributed by atoms with Crippen LogP contribution in [0.15, 0.2) is 54.6 Å². The molecule has 1 saturated heterocycles. The fraction of sp³-hybridized carbons (Fsp3) is 0.174. The molecule has 32 heavy (non-hydrogen) atoms. The highest BCUT2D eigenvalue weighted by Crippen LogP contribution is 2.28. The van der Waals surface area contributed by atoms with Gasteiger partial charge in [-0.15, -0.1) is 0 Å². The lowest BCUT2D eigenvalue weighted by atomic mass is 10.2. The number of aryl methyl sites for hydroxylation is 1. The number of para-hydroxylation sites is 2. The second-order valence-corrected chi connectivity index (χ2v) is 7.97. The van der Waals surface area contributed by atoms with Crippen LogP contribution < -0.4 is 10.2 Å². The molecule has 0 spiro atoms. The Balaban J connectivity index is 1.48. The number of amides is 2. The van der Waals surface area contributed by atoms with Gasteiger partial charge in [0, 0.05) is 16.7 Å². The van der Waals surface area contributed by atoms with Crippen molar-refractivity contribution in [1.82, 2.24) is 9.78 Å². The number of carbonyl (C=O) groups is 2. The Morgan fingerprint density at radius 1 is 1.19 bits per heavy atom. The first kappa shape index (κ1) is 21.9. The molecular formula is C23H20Cl2N4O3. The Bertz CT molecular complexity index is 1190. The van der Waals surface area contributed by atoms with Crippen molar-refractivity contribution in [2.24, 2.45) is 0 Å². The molecule has 1 N–H and O–H groups in total. The lowest BCUT2D eigenvalue weighted by Gasteiger charge is -2.17. The van der Waals surface area contributed by atoms with E-state index in [2.05, 4.69) is 10.4 Å². The first-order chi connectivity index (χ1) is 15.4. The van der Waals surface area contributed by atoms with Crippen LogP contribution in [0.2, 0.25) is 10.2 Å². The summed E-state index contributed by atoms with van der Waals surface area (Å²) in [5, 5.41) is 8.38. The number of anilines is 2. The molecule has 2 aromatic carbocycles. The molecular weight excluding hydrogens is 451 g/mol. The molecule has 0 atom stereocenters. The van der Waals surface area contributed by atoms with Gasteiger partial charge in [0.15, 0.2) is 0 Å². The zero-order chi connectivity index (χ0) is 22.7. The van der Waals surface area contributed by atoms with Gasteiger partial charge in [-0.3, -0.25) is 9.69 Å². The Hall–Kier alpha value is -3.29. The van der Waals surface area contributed by atoms with Crippen LogP contribution in [0.3, 0.4) is 0 Å². The number of ether oxygens (including phenoxy) is 1. The number of hydrogen-bond acceptors (Lipinski definition) is 4. The van der Waals surface area contributed by atoms with Crippen molar-refractivity contribution in [2.45, 2.75) is 13.5 Å². The highest BCUT2D eigenvalue weighted by atomic mass is 35.5. The van der Waals surface area contributed by atoms with Crippen molar-refractivity contribution < 1.29 is 14.3 Å². The molecule has 2 amide bonds. The molecule has 1 fully saturated rings. The van der Waals surface area contributed by atoms with Gasteiger partial charge in [-0.1, -0.05) is 47.5 Å². The molecule has 7 nitrogen and oxygen atoms in total. The van der Waals surface area contributed by atoms with Gasteiger partial charge >= 0.3 is 6.09 Å². The maximum absolute atomic E-state index is 12.6. The third kappa shape index (κ3) is 4.79. The predicted octanol–water partition coefficient (Wildman–Crippen LogP) is 5.16. The molecule has 1 aromatic heterocycles. The first-order valence-electron chi connectivity index (χ1n) is 9.92. The maximum Gasteiger partial charge on any atom is 0.414 e. The number of carbonyl (C=O) groups excluding carboxylic acids is 2. The Morgan fingerprint density at radius 2 is 1.94 bits per heavy atom. The van der Waals surface area contributed by atoms with Crippen molar-refractivity contribution in [3.63, 3.8) is 0 Å². The number of nitrogens with one attached hydrogen (secondary N) is 1. The van der Waals surface area contributed by atoms with Gasteiger partial charge in [0.25, 0.3) is 0 Å². The summed E-state index contributed by atoms with van der Waals surface area (Å²) in [6.07, 6.45) is 2.59. The fourth-order valence-corrected chi connectivity index (χ4v) is 3.81. The van der Waals surface area contributed by atoms with E-state index in [1.54, 1.807) is 35.0 Å². The van der Waals surface area contributed by atoms with Gasteiger partial charge in [0.05, 0.1) is 30.2 Å². The minimum Gasteiger partial charge on any atom is -0.447 e. The van der Waals surface area contributed by atoms with E-state index >= 15 is 0 Å². The van der Waals surface area contributed by atoms with E-state index in [9.17, 15) is 9.59 Å². The smallest absolute Gasteiger partial charge is 0.414 e. The van der Waals surface area contributed by atoms with Crippen LogP contribution in [-0.2, 0) is 16.1 Å². The lowest BCUT2D eigenvalue weighted by molar-refractivity contribution is -0.111. The Morgan fingerprint density at radius 3 is 2.66 bits per heavy atom. The summed E-state index contributed by atoms with van der Waals surface area (Å²) in [5.74, 6) is -0.356. The molecule has 1 aliphatic rings. The average Bonchev–Trinajstić information content (AvgIpc) is 3.31. The number of cyclic esters (lactones) is 1. The number of benzene rings is 2. The summed E-state index contributed by atoms with van der Waals surface area (Å²) in [6, 6.07) is 14.5. The third-order valence-corrected chi connectivity index (χ3v) is 5.62. The van der Waals surface area contributed by atoms with E-state index in [0.717, 1.165) is 5.56 Å². The zero-order valence-electron chi connectivity index (χ0n) is 17.2. The summed E-state index contributed by atoms with van der Waals surface area (Å²) < 4.78 is 6.66. The van der Waals surface area contributed by atoms with E-state index in [4.69, 9.17) is 27.9 Å². The third-order valence-electron chi connectivity index (χ3n) is 4.97. The van der Waals surface area contributed by atoms with Gasteiger partial charge in [-0.2, -0.15) is 5.10 Å². The molecule has 0 saturated carbocycles. The van der Waals surface area contributed by atoms with Crippen LogP contribution in [-0.4, -0.2) is 34.9 Å². The molecule has 0 bridgehead atoms. The average molecular weight is 471 g/mol. The van der Waals surface area contributed by atoms with E-state index in [1.807, 2.05) is 31.2 Å². The monoisotopic (exact) mass is 470 g/mol. The second-order valence-electron chi connectivity index (χ2n) is 7.18. The van der Waals surface area contributed by atoms with Crippen molar-refractivity contribution in [3.8, 4) is 0 Å². The van der Waals surface area contributed by atoms with Crippen LogP contribution in [0, 0.1) is 6.92 Å². The van der Waals surface area contributed by atoms with Gasteiger partial charge in [-0.25, -0.2) is 9.48 Å². The lowest BCUT2D eigenvalue weighted by Crippen LogP contribution is -2.25. The van der Waals surface area contributed by atoms with Crippen LogP contribution in [0.25, 0.3) is 6.08 Å². The molecule has 0 unspecified atom stereocenters. The van der Waals surface area contributed by atoms with Gasteiger partial charge in [0.1, 0.15) is 11.8 Å². The van der Waals surface area contributed by atoms with Crippen molar-refractivity contribution >= 4 is 52.7 Å². The normalized spacial score (nSPS) is 13.6. The van der Waals surface area contributed by atoms with Crippen LogP contribution in [0.1, 0.15) is 16.8 Å². The molecule has 4 rings (SSSR count).